The molecule has 0 spiro atoms. The number of azo groups is 1. The van der Waals surface area contributed by atoms with Crippen molar-refractivity contribution >= 4 is 17.6 Å². The van der Waals surface area contributed by atoms with Crippen LogP contribution in [0.25, 0.3) is 0 Å². The van der Waals surface area contributed by atoms with Gasteiger partial charge in [-0.1, -0.05) is 23.3 Å². The lowest BCUT2D eigenvalue weighted by Gasteiger charge is -2.12. The van der Waals surface area contributed by atoms with Crippen molar-refractivity contribution in [3.8, 4) is 0 Å². The van der Waals surface area contributed by atoms with Gasteiger partial charge in [0.2, 0.25) is 0 Å². The summed E-state index contributed by atoms with van der Waals surface area (Å²) in [6, 6.07) is 7.63. The zero-order valence-electron chi connectivity index (χ0n) is 9.39. The number of carbonyl (C=O) groups is 2. The van der Waals surface area contributed by atoms with Gasteiger partial charge in [0.15, 0.2) is 0 Å². The van der Waals surface area contributed by atoms with E-state index in [2.05, 4.69) is 10.2 Å². The van der Waals surface area contributed by atoms with Gasteiger partial charge in [-0.05, 0) is 12.1 Å². The number of carboxylic acids is 1. The van der Waals surface area contributed by atoms with Gasteiger partial charge in [-0.25, -0.2) is 10.6 Å². The number of hydrogen-bond donors (Lipinski definition) is 3. The Morgan fingerprint density at radius 2 is 1.95 bits per heavy atom. The van der Waals surface area contributed by atoms with E-state index >= 15 is 0 Å². The Hall–Kier alpha value is -2.88. The average molecular weight is 267 g/mol. The van der Waals surface area contributed by atoms with Crippen molar-refractivity contribution in [1.82, 2.24) is 5.43 Å². The molecule has 1 rings (SSSR count). The number of aliphatic carboxylic acids is 1. The smallest absolute Gasteiger partial charge is 0.474 e. The number of amides is 1. The molecule has 0 aliphatic rings. The maximum absolute atomic E-state index is 11.3. The summed E-state index contributed by atoms with van der Waals surface area (Å²) in [5.41, 5.74) is -1.77. The van der Waals surface area contributed by atoms with Gasteiger partial charge in [-0.2, -0.15) is 0 Å². The van der Waals surface area contributed by atoms with Crippen LogP contribution in [0.4, 0.5) is 5.69 Å². The van der Waals surface area contributed by atoms with E-state index in [4.69, 9.17) is 10.9 Å². The van der Waals surface area contributed by atoms with Crippen LogP contribution < -0.4 is 11.3 Å². The van der Waals surface area contributed by atoms with E-state index in [0.717, 1.165) is 0 Å². The number of nitrogens with two attached hydrogens (primary N) is 1. The van der Waals surface area contributed by atoms with Crippen LogP contribution in [0.1, 0.15) is 0 Å². The summed E-state index contributed by atoms with van der Waals surface area (Å²) in [4.78, 5) is 31.8. The number of rotatable bonds is 5. The molecule has 1 aromatic rings. The van der Waals surface area contributed by atoms with Gasteiger partial charge >= 0.3 is 17.5 Å². The van der Waals surface area contributed by atoms with Crippen molar-refractivity contribution in [3.63, 3.8) is 0 Å². The molecule has 19 heavy (non-hydrogen) atoms. The van der Waals surface area contributed by atoms with Crippen LogP contribution in [0, 0.1) is 10.1 Å². The zero-order chi connectivity index (χ0) is 14.5. The molecule has 1 unspecified atom stereocenters. The maximum atomic E-state index is 11.3. The van der Waals surface area contributed by atoms with Crippen LogP contribution in [0.3, 0.4) is 0 Å². The number of hydrazine groups is 1. The number of nitrogens with zero attached hydrogens (tertiary/aromatic N) is 3. The molecule has 100 valence electrons. The van der Waals surface area contributed by atoms with Crippen molar-refractivity contribution in [3.05, 3.63) is 40.4 Å². The van der Waals surface area contributed by atoms with Gasteiger partial charge in [0.1, 0.15) is 0 Å². The molecular formula is C9H9N5O5. The second-order valence-corrected chi connectivity index (χ2v) is 3.24. The highest BCUT2D eigenvalue weighted by Gasteiger charge is 2.61. The van der Waals surface area contributed by atoms with Crippen LogP contribution in [0.5, 0.6) is 0 Å². The van der Waals surface area contributed by atoms with Gasteiger partial charge in [0.25, 0.3) is 0 Å². The van der Waals surface area contributed by atoms with E-state index in [0.29, 0.717) is 0 Å². The third-order valence-corrected chi connectivity index (χ3v) is 2.08. The summed E-state index contributed by atoms with van der Waals surface area (Å²) in [5, 5.41) is 26.1. The molecule has 0 heterocycles. The number of carboxylic acid groups (broad SMARTS) is 1. The van der Waals surface area contributed by atoms with Gasteiger partial charge in [-0.3, -0.25) is 20.3 Å². The Bertz CT molecular complexity index is 515. The van der Waals surface area contributed by atoms with Crippen LogP contribution >= 0.6 is 0 Å². The molecule has 1 atom stereocenters. The minimum atomic E-state index is -3.31. The van der Waals surface area contributed by atoms with Crippen LogP contribution in [0.15, 0.2) is 40.6 Å². The Balaban J connectivity index is 3.25. The molecule has 1 aromatic carbocycles. The minimum absolute atomic E-state index is 0.153. The van der Waals surface area contributed by atoms with Crippen LogP contribution in [-0.4, -0.2) is 27.6 Å². The monoisotopic (exact) mass is 267 g/mol. The summed E-state index contributed by atoms with van der Waals surface area (Å²) in [6.07, 6.45) is 0. The first kappa shape index (κ1) is 14.2. The van der Waals surface area contributed by atoms with E-state index in [-0.39, 0.29) is 5.69 Å². The molecule has 10 nitrogen and oxygen atoms in total. The van der Waals surface area contributed by atoms with E-state index in [9.17, 15) is 19.7 Å². The van der Waals surface area contributed by atoms with Gasteiger partial charge < -0.3 is 5.11 Å². The maximum Gasteiger partial charge on any atom is 0.504 e. The molecule has 0 fully saturated rings. The Morgan fingerprint density at radius 1 is 1.37 bits per heavy atom. The predicted octanol–water partition coefficient (Wildman–Crippen LogP) is -0.182. The Morgan fingerprint density at radius 3 is 2.37 bits per heavy atom. The predicted molar refractivity (Wildman–Crippen MR) is 60.6 cm³/mol. The SMILES string of the molecule is NNC(=O)C(N=Nc1ccccc1)(C(=O)O)[N+](=O)[O-]. The molecule has 10 heteroatoms. The van der Waals surface area contributed by atoms with E-state index in [1.807, 2.05) is 0 Å². The third-order valence-electron chi connectivity index (χ3n) is 2.08. The number of nitrogens with one attached hydrogen (secondary N) is 1. The number of nitro groups is 1. The molecule has 0 bridgehead atoms. The molecular weight excluding hydrogens is 258 g/mol. The largest absolute Gasteiger partial charge is 0.504 e. The fourth-order valence-corrected chi connectivity index (χ4v) is 1.11. The minimum Gasteiger partial charge on any atom is -0.474 e. The average Bonchev–Trinajstić information content (AvgIpc) is 2.39. The standard InChI is InChI=1S/C9H9N5O5/c10-11-7(15)9(8(16)17,14(18)19)13-12-6-4-2-1-3-5-6/h1-5H,10H2,(H,11,15)(H,16,17). The number of hydrogen-bond acceptors (Lipinski definition) is 7. The van der Waals surface area contributed by atoms with E-state index in [1.54, 1.807) is 18.2 Å². The first-order chi connectivity index (χ1) is 8.95. The molecule has 0 radical (unpaired) electrons. The van der Waals surface area contributed by atoms with Crippen molar-refractivity contribution in [2.45, 2.75) is 5.66 Å². The first-order valence-electron chi connectivity index (χ1n) is 4.82. The molecule has 0 aliphatic carbocycles. The lowest BCUT2D eigenvalue weighted by molar-refractivity contribution is -0.538. The van der Waals surface area contributed by atoms with Gasteiger partial charge in [0, 0.05) is 0 Å². The van der Waals surface area contributed by atoms with Gasteiger partial charge in [-0.15, -0.1) is 5.11 Å². The molecule has 0 aromatic heterocycles. The normalized spacial score (nSPS) is 13.7. The Kier molecular flexibility index (Phi) is 4.21. The highest BCUT2D eigenvalue weighted by atomic mass is 16.6. The summed E-state index contributed by atoms with van der Waals surface area (Å²) >= 11 is 0. The lowest BCUT2D eigenvalue weighted by atomic mass is 10.2. The van der Waals surface area contributed by atoms with E-state index < -0.39 is 22.5 Å². The number of benzene rings is 1. The van der Waals surface area contributed by atoms with Crippen molar-refractivity contribution in [2.75, 3.05) is 0 Å². The topological polar surface area (TPSA) is 160 Å². The number of carbonyl (C=O) groups excluding carboxylic acids is 1. The summed E-state index contributed by atoms with van der Waals surface area (Å²) < 4.78 is 0. The lowest BCUT2D eigenvalue weighted by Crippen LogP contribution is -2.58. The summed E-state index contributed by atoms with van der Waals surface area (Å²) in [6.45, 7) is 0. The van der Waals surface area contributed by atoms with Crippen LogP contribution in [0.2, 0.25) is 0 Å². The molecule has 4 N–H and O–H groups in total. The fraction of sp³-hybridized carbons (Fsp3) is 0.111. The van der Waals surface area contributed by atoms with E-state index in [1.165, 1.54) is 17.6 Å². The molecule has 0 saturated carbocycles. The zero-order valence-corrected chi connectivity index (χ0v) is 9.39. The third kappa shape index (κ3) is 2.69. The summed E-state index contributed by atoms with van der Waals surface area (Å²) in [7, 11) is 0. The van der Waals surface area contributed by atoms with Crippen LogP contribution in [-0.2, 0) is 9.59 Å². The quantitative estimate of drug-likeness (QED) is 0.167. The van der Waals surface area contributed by atoms with Crippen molar-refractivity contribution in [2.24, 2.45) is 16.1 Å². The van der Waals surface area contributed by atoms with Crippen molar-refractivity contribution < 1.29 is 19.6 Å². The second-order valence-electron chi connectivity index (χ2n) is 3.24. The molecule has 0 saturated heterocycles. The van der Waals surface area contributed by atoms with Crippen molar-refractivity contribution in [1.29, 1.82) is 0 Å². The highest BCUT2D eigenvalue weighted by Crippen LogP contribution is 2.18. The molecule has 1 amide bonds. The molecule has 0 aliphatic heterocycles. The highest BCUT2D eigenvalue weighted by molar-refractivity contribution is 6.04. The summed E-state index contributed by atoms with van der Waals surface area (Å²) in [5.74, 6) is 1.03. The fourth-order valence-electron chi connectivity index (χ4n) is 1.11. The Labute approximate surface area is 106 Å². The second kappa shape index (κ2) is 5.64. The first-order valence-corrected chi connectivity index (χ1v) is 4.82. The van der Waals surface area contributed by atoms with Gasteiger partial charge in [0.05, 0.1) is 10.6 Å².